The van der Waals surface area contributed by atoms with Gasteiger partial charge in [-0.25, -0.2) is 17.4 Å². The minimum Gasteiger partial charge on any atom is -0.493 e. The van der Waals surface area contributed by atoms with Crippen LogP contribution >= 0.6 is 0 Å². The van der Waals surface area contributed by atoms with E-state index in [1.165, 1.54) is 30.3 Å². The lowest BCUT2D eigenvalue weighted by Gasteiger charge is -2.12. The second-order valence-corrected chi connectivity index (χ2v) is 6.72. The van der Waals surface area contributed by atoms with Gasteiger partial charge in [0.1, 0.15) is 5.82 Å². The van der Waals surface area contributed by atoms with Crippen molar-refractivity contribution in [1.82, 2.24) is 8.96 Å². The van der Waals surface area contributed by atoms with E-state index in [4.69, 9.17) is 9.47 Å². The van der Waals surface area contributed by atoms with Crippen molar-refractivity contribution >= 4 is 21.1 Å². The Kier molecular flexibility index (Phi) is 3.73. The number of aromatic nitrogens is 2. The lowest BCUT2D eigenvalue weighted by atomic mass is 10.3. The lowest BCUT2D eigenvalue weighted by Crippen LogP contribution is -2.14. The average molecular weight is 332 g/mol. The summed E-state index contributed by atoms with van der Waals surface area (Å²) in [7, 11) is -0.828. The predicted molar refractivity (Wildman–Crippen MR) is 86.6 cm³/mol. The van der Waals surface area contributed by atoms with E-state index in [9.17, 15) is 8.42 Å². The topological polar surface area (TPSA) is 70.4 Å². The first kappa shape index (κ1) is 15.4. The molecule has 0 radical (unpaired) electrons. The third-order valence-corrected chi connectivity index (χ3v) is 5.36. The number of fused-ring (bicyclic) bond motifs is 1. The maximum absolute atomic E-state index is 13.0. The maximum Gasteiger partial charge on any atom is 0.269 e. The SMILES string of the molecule is COc1ccc(S(=O)(=O)n2c(C)nc3ccccc32)cc1OC. The molecular formula is C16H16N2O4S. The summed E-state index contributed by atoms with van der Waals surface area (Å²) in [4.78, 5) is 4.42. The highest BCUT2D eigenvalue weighted by molar-refractivity contribution is 7.90. The predicted octanol–water partition coefficient (Wildman–Crippen LogP) is 2.60. The zero-order valence-corrected chi connectivity index (χ0v) is 13.8. The van der Waals surface area contributed by atoms with Crippen molar-refractivity contribution in [2.45, 2.75) is 11.8 Å². The summed E-state index contributed by atoms with van der Waals surface area (Å²) < 4.78 is 37.6. The number of rotatable bonds is 4. The Bertz CT molecular complexity index is 977. The molecule has 3 rings (SSSR count). The number of benzene rings is 2. The van der Waals surface area contributed by atoms with E-state index in [0.29, 0.717) is 28.4 Å². The second kappa shape index (κ2) is 5.58. The van der Waals surface area contributed by atoms with E-state index in [1.807, 2.05) is 6.07 Å². The molecule has 0 saturated heterocycles. The van der Waals surface area contributed by atoms with Crippen LogP contribution < -0.4 is 9.47 Å². The minimum absolute atomic E-state index is 0.112. The van der Waals surface area contributed by atoms with Gasteiger partial charge in [-0.2, -0.15) is 0 Å². The largest absolute Gasteiger partial charge is 0.493 e. The zero-order chi connectivity index (χ0) is 16.6. The number of hydrogen-bond acceptors (Lipinski definition) is 5. The van der Waals surface area contributed by atoms with Crippen molar-refractivity contribution in [3.8, 4) is 11.5 Å². The summed E-state index contributed by atoms with van der Waals surface area (Å²) in [5.74, 6) is 1.23. The Morgan fingerprint density at radius 2 is 1.70 bits per heavy atom. The highest BCUT2D eigenvalue weighted by Crippen LogP contribution is 2.31. The van der Waals surface area contributed by atoms with Crippen molar-refractivity contribution in [2.24, 2.45) is 0 Å². The molecule has 0 aliphatic rings. The molecule has 6 nitrogen and oxygen atoms in total. The Hall–Kier alpha value is -2.54. The maximum atomic E-state index is 13.0. The fraction of sp³-hybridized carbons (Fsp3) is 0.188. The molecule has 3 aromatic rings. The van der Waals surface area contributed by atoms with E-state index in [-0.39, 0.29) is 4.90 Å². The van der Waals surface area contributed by atoms with Gasteiger partial charge in [0, 0.05) is 6.07 Å². The molecule has 0 spiro atoms. The summed E-state index contributed by atoms with van der Waals surface area (Å²) in [6, 6.07) is 11.6. The summed E-state index contributed by atoms with van der Waals surface area (Å²) in [5, 5.41) is 0. The molecule has 1 heterocycles. The van der Waals surface area contributed by atoms with Crippen LogP contribution in [0.3, 0.4) is 0 Å². The molecule has 0 unspecified atom stereocenters. The first-order chi connectivity index (χ1) is 11.0. The van der Waals surface area contributed by atoms with Gasteiger partial charge < -0.3 is 9.47 Å². The monoisotopic (exact) mass is 332 g/mol. The van der Waals surface area contributed by atoms with E-state index < -0.39 is 10.0 Å². The third-order valence-electron chi connectivity index (χ3n) is 3.57. The molecule has 2 aromatic carbocycles. The number of imidazole rings is 1. The van der Waals surface area contributed by atoms with Crippen LogP contribution in [0.2, 0.25) is 0 Å². The van der Waals surface area contributed by atoms with Crippen LogP contribution in [0.25, 0.3) is 11.0 Å². The summed E-state index contributed by atoms with van der Waals surface area (Å²) in [5.41, 5.74) is 1.17. The molecular weight excluding hydrogens is 316 g/mol. The normalized spacial score (nSPS) is 11.6. The van der Waals surface area contributed by atoms with Crippen molar-refractivity contribution in [2.75, 3.05) is 14.2 Å². The van der Waals surface area contributed by atoms with Gasteiger partial charge in [0.2, 0.25) is 0 Å². The fourth-order valence-electron chi connectivity index (χ4n) is 2.51. The Morgan fingerprint density at radius 1 is 1.00 bits per heavy atom. The molecule has 0 aliphatic heterocycles. The lowest BCUT2D eigenvalue weighted by molar-refractivity contribution is 0.354. The van der Waals surface area contributed by atoms with E-state index in [2.05, 4.69) is 4.98 Å². The van der Waals surface area contributed by atoms with E-state index >= 15 is 0 Å². The summed E-state index contributed by atoms with van der Waals surface area (Å²) >= 11 is 0. The van der Waals surface area contributed by atoms with Gasteiger partial charge in [-0.1, -0.05) is 12.1 Å². The van der Waals surface area contributed by atoms with Crippen molar-refractivity contribution in [1.29, 1.82) is 0 Å². The molecule has 23 heavy (non-hydrogen) atoms. The second-order valence-electron chi connectivity index (χ2n) is 4.93. The minimum atomic E-state index is -3.79. The quantitative estimate of drug-likeness (QED) is 0.734. The zero-order valence-electron chi connectivity index (χ0n) is 13.0. The number of nitrogens with zero attached hydrogens (tertiary/aromatic N) is 2. The van der Waals surface area contributed by atoms with E-state index in [0.717, 1.165) is 0 Å². The number of hydrogen-bond donors (Lipinski definition) is 0. The average Bonchev–Trinajstić information content (AvgIpc) is 2.90. The van der Waals surface area contributed by atoms with Crippen LogP contribution in [-0.2, 0) is 10.0 Å². The fourth-order valence-corrected chi connectivity index (χ4v) is 4.02. The first-order valence-corrected chi connectivity index (χ1v) is 8.34. The highest BCUT2D eigenvalue weighted by atomic mass is 32.2. The molecule has 0 saturated carbocycles. The van der Waals surface area contributed by atoms with Gasteiger partial charge in [0.25, 0.3) is 10.0 Å². The standard InChI is InChI=1S/C16H16N2O4S/c1-11-17-13-6-4-5-7-14(13)18(11)23(19,20)12-8-9-15(21-2)16(10-12)22-3/h4-10H,1-3H3. The number of ether oxygens (including phenoxy) is 2. The van der Waals surface area contributed by atoms with Crippen molar-refractivity contribution < 1.29 is 17.9 Å². The third kappa shape index (κ3) is 2.43. The van der Waals surface area contributed by atoms with Crippen LogP contribution in [0, 0.1) is 6.92 Å². The first-order valence-electron chi connectivity index (χ1n) is 6.90. The molecule has 0 fully saturated rings. The summed E-state index contributed by atoms with van der Waals surface area (Å²) in [6.07, 6.45) is 0. The molecule has 1 aromatic heterocycles. The molecule has 7 heteroatoms. The molecule has 0 bridgehead atoms. The highest BCUT2D eigenvalue weighted by Gasteiger charge is 2.23. The van der Waals surface area contributed by atoms with Crippen LogP contribution in [0.1, 0.15) is 5.82 Å². The molecule has 120 valence electrons. The Morgan fingerprint density at radius 3 is 2.39 bits per heavy atom. The van der Waals surface area contributed by atoms with Gasteiger partial charge in [0.15, 0.2) is 11.5 Å². The van der Waals surface area contributed by atoms with E-state index in [1.54, 1.807) is 31.2 Å². The van der Waals surface area contributed by atoms with Crippen LogP contribution in [0.4, 0.5) is 0 Å². The van der Waals surface area contributed by atoms with Crippen LogP contribution in [0.5, 0.6) is 11.5 Å². The van der Waals surface area contributed by atoms with Crippen LogP contribution in [-0.4, -0.2) is 31.6 Å². The van der Waals surface area contributed by atoms with Crippen molar-refractivity contribution in [3.05, 3.63) is 48.3 Å². The van der Waals surface area contributed by atoms with Gasteiger partial charge in [-0.15, -0.1) is 0 Å². The van der Waals surface area contributed by atoms with Gasteiger partial charge in [0.05, 0.1) is 30.1 Å². The van der Waals surface area contributed by atoms with Crippen LogP contribution in [0.15, 0.2) is 47.4 Å². The number of methoxy groups -OCH3 is 2. The number of aryl methyl sites for hydroxylation is 1. The van der Waals surface area contributed by atoms with Crippen molar-refractivity contribution in [3.63, 3.8) is 0 Å². The summed E-state index contributed by atoms with van der Waals surface area (Å²) in [6.45, 7) is 1.66. The van der Waals surface area contributed by atoms with Gasteiger partial charge in [-0.3, -0.25) is 0 Å². The Labute approximate surface area is 134 Å². The molecule has 0 N–H and O–H groups in total. The van der Waals surface area contributed by atoms with Gasteiger partial charge in [-0.05, 0) is 31.2 Å². The molecule has 0 aliphatic carbocycles. The molecule has 0 atom stereocenters. The smallest absolute Gasteiger partial charge is 0.269 e. The number of para-hydroxylation sites is 2. The molecule has 0 amide bonds. The Balaban J connectivity index is 2.24. The van der Waals surface area contributed by atoms with Gasteiger partial charge >= 0.3 is 0 Å².